The van der Waals surface area contributed by atoms with Crippen molar-refractivity contribution >= 4 is 49.5 Å². The number of halogens is 1. The van der Waals surface area contributed by atoms with Crippen LogP contribution in [0.4, 0.5) is 11.6 Å². The van der Waals surface area contributed by atoms with Gasteiger partial charge in [0, 0.05) is 30.6 Å². The van der Waals surface area contributed by atoms with Crippen LogP contribution < -0.4 is 15.8 Å². The van der Waals surface area contributed by atoms with E-state index in [1.807, 2.05) is 41.1 Å². The molecule has 1 aromatic carbocycles. The molecule has 10 heteroatoms. The summed E-state index contributed by atoms with van der Waals surface area (Å²) in [7, 11) is 1.80. The number of aliphatic hydroxyl groups excluding tert-OH is 1. The van der Waals surface area contributed by atoms with Gasteiger partial charge in [-0.05, 0) is 53.5 Å². The fourth-order valence-electron chi connectivity index (χ4n) is 4.65. The SMILES string of the molecule is CNc1ncnc2c1ccn2[C@@H]1C[C@H](COc2ccc3cc(Br)c(N)nc3c2)[C@@](C)(O)[C@H]1O. The number of benzene rings is 1. The summed E-state index contributed by atoms with van der Waals surface area (Å²) in [6.07, 6.45) is 2.92. The topological polar surface area (TPSA) is 131 Å². The van der Waals surface area contributed by atoms with E-state index in [-0.39, 0.29) is 18.6 Å². The standard InChI is InChI=1S/C23H25BrN6O3/c1-23(32)13(10-33-14-4-3-12-7-16(24)20(25)29-17(12)9-14)8-18(19(23)31)30-6-5-15-21(26-2)27-11-28-22(15)30/h3-7,9,11,13,18-19,31-32H,8,10H2,1-2H3,(H2,25,29)(H,26,27,28)/t13-,18-,19+,23-/m1/s1. The lowest BCUT2D eigenvalue weighted by molar-refractivity contribution is -0.0821. The first-order chi connectivity index (χ1) is 15.8. The summed E-state index contributed by atoms with van der Waals surface area (Å²) in [4.78, 5) is 13.0. The number of nitrogens with one attached hydrogen (secondary N) is 1. The zero-order chi connectivity index (χ0) is 23.3. The normalized spacial score (nSPS) is 25.1. The van der Waals surface area contributed by atoms with Gasteiger partial charge in [0.05, 0.1) is 33.6 Å². The summed E-state index contributed by atoms with van der Waals surface area (Å²) in [5.41, 5.74) is 6.01. The van der Waals surface area contributed by atoms with E-state index in [0.29, 0.717) is 23.6 Å². The fourth-order valence-corrected chi connectivity index (χ4v) is 4.99. The Hall–Kier alpha value is -2.95. The van der Waals surface area contributed by atoms with E-state index < -0.39 is 11.7 Å². The van der Waals surface area contributed by atoms with Gasteiger partial charge in [0.15, 0.2) is 0 Å². The summed E-state index contributed by atoms with van der Waals surface area (Å²) in [5.74, 6) is 1.46. The highest BCUT2D eigenvalue weighted by Gasteiger charge is 2.51. The zero-order valence-electron chi connectivity index (χ0n) is 18.2. The number of nitrogen functional groups attached to an aromatic ring is 1. The van der Waals surface area contributed by atoms with Crippen LogP contribution in [0, 0.1) is 5.92 Å². The average Bonchev–Trinajstić information content (AvgIpc) is 3.32. The number of nitrogens with zero attached hydrogens (tertiary/aromatic N) is 4. The average molecular weight is 513 g/mol. The Balaban J connectivity index is 1.38. The molecule has 0 spiro atoms. The fraction of sp³-hybridized carbons (Fsp3) is 0.348. The Morgan fingerprint density at radius 2 is 2.12 bits per heavy atom. The van der Waals surface area contributed by atoms with E-state index >= 15 is 0 Å². The van der Waals surface area contributed by atoms with Crippen LogP contribution in [0.15, 0.2) is 47.3 Å². The van der Waals surface area contributed by atoms with Gasteiger partial charge in [-0.25, -0.2) is 15.0 Å². The third kappa shape index (κ3) is 3.68. The molecular weight excluding hydrogens is 488 g/mol. The van der Waals surface area contributed by atoms with Crippen LogP contribution in [0.5, 0.6) is 5.75 Å². The van der Waals surface area contributed by atoms with Crippen molar-refractivity contribution in [1.82, 2.24) is 19.5 Å². The lowest BCUT2D eigenvalue weighted by atomic mass is 9.92. The van der Waals surface area contributed by atoms with Crippen molar-refractivity contribution < 1.29 is 14.9 Å². The number of hydrogen-bond donors (Lipinski definition) is 4. The molecule has 1 aliphatic rings. The minimum absolute atomic E-state index is 0.244. The molecule has 3 aromatic heterocycles. The van der Waals surface area contributed by atoms with Crippen molar-refractivity contribution in [2.24, 2.45) is 5.92 Å². The lowest BCUT2D eigenvalue weighted by Gasteiger charge is -2.29. The van der Waals surface area contributed by atoms with Gasteiger partial charge < -0.3 is 30.6 Å². The number of aromatic nitrogens is 4. The molecule has 4 aromatic rings. The second kappa shape index (κ2) is 8.12. The van der Waals surface area contributed by atoms with E-state index in [1.54, 1.807) is 14.0 Å². The molecule has 0 aliphatic heterocycles. The van der Waals surface area contributed by atoms with E-state index in [1.165, 1.54) is 6.33 Å². The molecule has 1 fully saturated rings. The number of nitrogens with two attached hydrogens (primary N) is 1. The van der Waals surface area contributed by atoms with Crippen molar-refractivity contribution in [2.45, 2.75) is 31.1 Å². The van der Waals surface area contributed by atoms with E-state index in [4.69, 9.17) is 10.5 Å². The van der Waals surface area contributed by atoms with Crippen LogP contribution in [0.25, 0.3) is 21.9 Å². The molecule has 0 bridgehead atoms. The molecule has 4 atom stereocenters. The molecular formula is C23H25BrN6O3. The molecule has 1 saturated carbocycles. The molecule has 33 heavy (non-hydrogen) atoms. The molecule has 1 aliphatic carbocycles. The number of aliphatic hydroxyl groups is 2. The number of hydrogen-bond acceptors (Lipinski definition) is 8. The number of fused-ring (bicyclic) bond motifs is 2. The summed E-state index contributed by atoms with van der Waals surface area (Å²) in [5, 5.41) is 27.0. The molecule has 5 rings (SSSR count). The van der Waals surface area contributed by atoms with Gasteiger partial charge in [-0.1, -0.05) is 0 Å². The first-order valence-electron chi connectivity index (χ1n) is 10.7. The Labute approximate surface area is 198 Å². The Kier molecular flexibility index (Phi) is 5.38. The smallest absolute Gasteiger partial charge is 0.145 e. The first-order valence-corrected chi connectivity index (χ1v) is 11.5. The van der Waals surface area contributed by atoms with E-state index in [0.717, 1.165) is 26.6 Å². The number of ether oxygens (including phenoxy) is 1. The highest BCUT2D eigenvalue weighted by molar-refractivity contribution is 9.10. The molecule has 0 saturated heterocycles. The lowest BCUT2D eigenvalue weighted by Crippen LogP contribution is -2.43. The molecule has 5 N–H and O–H groups in total. The Morgan fingerprint density at radius 3 is 2.91 bits per heavy atom. The van der Waals surface area contributed by atoms with Crippen molar-refractivity contribution in [3.63, 3.8) is 0 Å². The number of rotatable bonds is 5. The van der Waals surface area contributed by atoms with Crippen LogP contribution in [0.1, 0.15) is 19.4 Å². The minimum Gasteiger partial charge on any atom is -0.493 e. The van der Waals surface area contributed by atoms with E-state index in [9.17, 15) is 10.2 Å². The predicted molar refractivity (Wildman–Crippen MR) is 130 cm³/mol. The molecule has 9 nitrogen and oxygen atoms in total. The van der Waals surface area contributed by atoms with Crippen LogP contribution in [0.3, 0.4) is 0 Å². The van der Waals surface area contributed by atoms with Gasteiger partial charge in [0.1, 0.15) is 35.5 Å². The second-order valence-corrected chi connectivity index (χ2v) is 9.48. The minimum atomic E-state index is -1.33. The first kappa shape index (κ1) is 21.9. The third-order valence-electron chi connectivity index (χ3n) is 6.64. The van der Waals surface area contributed by atoms with Gasteiger partial charge >= 0.3 is 0 Å². The van der Waals surface area contributed by atoms with Gasteiger partial charge in [-0.3, -0.25) is 0 Å². The van der Waals surface area contributed by atoms with Gasteiger partial charge in [0.25, 0.3) is 0 Å². The van der Waals surface area contributed by atoms with Crippen molar-refractivity contribution in [3.05, 3.63) is 47.3 Å². The second-order valence-electron chi connectivity index (χ2n) is 8.62. The van der Waals surface area contributed by atoms with Gasteiger partial charge in [0.2, 0.25) is 0 Å². The van der Waals surface area contributed by atoms with Crippen LogP contribution in [-0.2, 0) is 0 Å². The monoisotopic (exact) mass is 512 g/mol. The van der Waals surface area contributed by atoms with E-state index in [2.05, 4.69) is 36.2 Å². The zero-order valence-corrected chi connectivity index (χ0v) is 19.8. The number of anilines is 2. The highest BCUT2D eigenvalue weighted by Crippen LogP contribution is 2.44. The third-order valence-corrected chi connectivity index (χ3v) is 7.28. The maximum atomic E-state index is 11.2. The van der Waals surface area contributed by atoms with Crippen molar-refractivity contribution in [3.8, 4) is 5.75 Å². The predicted octanol–water partition coefficient (Wildman–Crippen LogP) is 3.12. The van der Waals surface area contributed by atoms with Crippen LogP contribution in [-0.4, -0.2) is 55.1 Å². The molecule has 172 valence electrons. The maximum Gasteiger partial charge on any atom is 0.145 e. The quantitative estimate of drug-likeness (QED) is 0.320. The van der Waals surface area contributed by atoms with Crippen molar-refractivity contribution in [1.29, 1.82) is 0 Å². The molecule has 0 amide bonds. The summed E-state index contributed by atoms with van der Waals surface area (Å²) < 4.78 is 8.69. The van der Waals surface area contributed by atoms with Crippen LogP contribution in [0.2, 0.25) is 0 Å². The summed E-state index contributed by atoms with van der Waals surface area (Å²) in [6.45, 7) is 1.90. The molecule has 0 unspecified atom stereocenters. The summed E-state index contributed by atoms with van der Waals surface area (Å²) in [6, 6.07) is 9.08. The highest BCUT2D eigenvalue weighted by atomic mass is 79.9. The summed E-state index contributed by atoms with van der Waals surface area (Å²) >= 11 is 3.39. The Bertz CT molecular complexity index is 1340. The molecule has 3 heterocycles. The Morgan fingerprint density at radius 1 is 1.30 bits per heavy atom. The van der Waals surface area contributed by atoms with Crippen LogP contribution >= 0.6 is 15.9 Å². The van der Waals surface area contributed by atoms with Crippen molar-refractivity contribution in [2.75, 3.05) is 24.7 Å². The van der Waals surface area contributed by atoms with Gasteiger partial charge in [-0.2, -0.15) is 0 Å². The maximum absolute atomic E-state index is 11.2. The van der Waals surface area contributed by atoms with Gasteiger partial charge in [-0.15, -0.1) is 0 Å². The largest absolute Gasteiger partial charge is 0.493 e. The molecule has 0 radical (unpaired) electrons. The number of pyridine rings is 1.